The average molecular weight is 465 g/mol. The second-order valence-electron chi connectivity index (χ2n) is 9.22. The van der Waals surface area contributed by atoms with Gasteiger partial charge in [0.2, 0.25) is 5.91 Å². The van der Waals surface area contributed by atoms with Crippen LogP contribution in [-0.4, -0.2) is 41.8 Å². The van der Waals surface area contributed by atoms with E-state index in [9.17, 15) is 19.5 Å². The van der Waals surface area contributed by atoms with Gasteiger partial charge in [0.25, 0.3) is 0 Å². The van der Waals surface area contributed by atoms with Crippen LogP contribution in [0.2, 0.25) is 0 Å². The average Bonchev–Trinajstić information content (AvgIpc) is 3.43. The highest BCUT2D eigenvalue weighted by molar-refractivity contribution is 5.86. The van der Waals surface area contributed by atoms with Crippen molar-refractivity contribution in [3.63, 3.8) is 0 Å². The maximum absolute atomic E-state index is 12.9. The van der Waals surface area contributed by atoms with Gasteiger partial charge in [-0.25, -0.2) is 4.79 Å². The Balaban J connectivity index is 1.36. The lowest BCUT2D eigenvalue weighted by atomic mass is 9.98. The van der Waals surface area contributed by atoms with Crippen molar-refractivity contribution >= 4 is 18.0 Å². The van der Waals surface area contributed by atoms with Crippen LogP contribution in [0.1, 0.15) is 62.5 Å². The zero-order valence-electron chi connectivity index (χ0n) is 19.5. The largest absolute Gasteiger partial charge is 0.481 e. The summed E-state index contributed by atoms with van der Waals surface area (Å²) in [5.41, 5.74) is 4.57. The van der Waals surface area contributed by atoms with E-state index in [0.717, 1.165) is 35.1 Å². The molecule has 1 fully saturated rings. The Kier molecular flexibility index (Phi) is 7.50. The van der Waals surface area contributed by atoms with E-state index in [-0.39, 0.29) is 24.5 Å². The first-order chi connectivity index (χ1) is 16.5. The second-order valence-corrected chi connectivity index (χ2v) is 9.22. The third-order valence-electron chi connectivity index (χ3n) is 6.93. The van der Waals surface area contributed by atoms with Crippen LogP contribution in [-0.2, 0) is 14.3 Å². The minimum atomic E-state index is -0.823. The molecule has 0 aromatic heterocycles. The monoisotopic (exact) mass is 464 g/mol. The minimum absolute atomic E-state index is 0.0486. The fraction of sp³-hybridized carbons (Fsp3) is 0.444. The minimum Gasteiger partial charge on any atom is -0.481 e. The lowest BCUT2D eigenvalue weighted by Crippen LogP contribution is -2.49. The summed E-state index contributed by atoms with van der Waals surface area (Å²) >= 11 is 0. The number of fused-ring (bicyclic) bond motifs is 3. The molecule has 4 rings (SSSR count). The van der Waals surface area contributed by atoms with E-state index in [4.69, 9.17) is 4.74 Å². The molecule has 3 N–H and O–H groups in total. The number of aliphatic carboxylic acids is 1. The van der Waals surface area contributed by atoms with Gasteiger partial charge in [-0.3, -0.25) is 9.59 Å². The van der Waals surface area contributed by atoms with Gasteiger partial charge in [-0.2, -0.15) is 0 Å². The van der Waals surface area contributed by atoms with Crippen LogP contribution in [0.4, 0.5) is 4.79 Å². The third kappa shape index (κ3) is 5.24. The van der Waals surface area contributed by atoms with Crippen LogP contribution in [0, 0.1) is 5.92 Å². The maximum atomic E-state index is 12.9. The second kappa shape index (κ2) is 10.7. The molecule has 180 valence electrons. The van der Waals surface area contributed by atoms with Gasteiger partial charge in [0.05, 0.1) is 5.92 Å². The van der Waals surface area contributed by atoms with E-state index >= 15 is 0 Å². The zero-order valence-corrected chi connectivity index (χ0v) is 19.5. The Morgan fingerprint density at radius 3 is 2.26 bits per heavy atom. The van der Waals surface area contributed by atoms with Crippen molar-refractivity contribution in [1.82, 2.24) is 10.6 Å². The summed E-state index contributed by atoms with van der Waals surface area (Å²) in [7, 11) is 0. The number of carbonyl (C=O) groups excluding carboxylic acids is 2. The van der Waals surface area contributed by atoms with Gasteiger partial charge in [-0.15, -0.1) is 0 Å². The molecule has 0 radical (unpaired) electrons. The van der Waals surface area contributed by atoms with Crippen LogP contribution < -0.4 is 10.6 Å². The maximum Gasteiger partial charge on any atom is 0.407 e. The molecule has 0 unspecified atom stereocenters. The molecule has 0 spiro atoms. The number of carboxylic acids is 1. The first kappa shape index (κ1) is 23.8. The number of hydrogen-bond donors (Lipinski definition) is 3. The van der Waals surface area contributed by atoms with Crippen molar-refractivity contribution in [2.75, 3.05) is 6.61 Å². The number of amides is 2. The smallest absolute Gasteiger partial charge is 0.407 e. The number of carboxylic acid groups (broad SMARTS) is 1. The van der Waals surface area contributed by atoms with E-state index in [1.807, 2.05) is 31.2 Å². The number of unbranched alkanes of at least 4 members (excludes halogenated alkanes) is 1. The van der Waals surface area contributed by atoms with Gasteiger partial charge < -0.3 is 20.5 Å². The van der Waals surface area contributed by atoms with Gasteiger partial charge in [0.1, 0.15) is 12.6 Å². The summed E-state index contributed by atoms with van der Waals surface area (Å²) in [6.07, 6.45) is 3.17. The summed E-state index contributed by atoms with van der Waals surface area (Å²) in [6.45, 7) is 2.21. The predicted octanol–water partition coefficient (Wildman–Crippen LogP) is 4.45. The summed E-state index contributed by atoms with van der Waals surface area (Å²) < 4.78 is 5.61. The fourth-order valence-corrected chi connectivity index (χ4v) is 5.10. The van der Waals surface area contributed by atoms with Crippen molar-refractivity contribution < 1.29 is 24.2 Å². The molecule has 0 saturated heterocycles. The fourth-order valence-electron chi connectivity index (χ4n) is 5.10. The number of rotatable bonds is 9. The molecule has 7 nitrogen and oxygen atoms in total. The predicted molar refractivity (Wildman–Crippen MR) is 128 cm³/mol. The molecule has 2 aliphatic rings. The summed E-state index contributed by atoms with van der Waals surface area (Å²) in [5, 5.41) is 14.9. The molecule has 0 aliphatic heterocycles. The number of carbonyl (C=O) groups is 3. The molecule has 2 amide bonds. The summed E-state index contributed by atoms with van der Waals surface area (Å²) in [6, 6.07) is 15.4. The van der Waals surface area contributed by atoms with Crippen molar-refractivity contribution in [3.8, 4) is 11.1 Å². The Morgan fingerprint density at radius 1 is 1.03 bits per heavy atom. The standard InChI is InChI=1S/C27H32N2O5/c1-2-3-12-24(25(30)28-18-14-13-17(15-18)26(31)32)29-27(33)34-16-23-21-10-6-4-8-19(21)20-9-5-7-11-22(20)23/h4-11,17-18,23-24H,2-3,12-16H2,1H3,(H,28,30)(H,29,33)(H,31,32)/t17-,18+,24-/m0/s1. The first-order valence-corrected chi connectivity index (χ1v) is 12.1. The van der Waals surface area contributed by atoms with E-state index in [0.29, 0.717) is 25.7 Å². The molecule has 2 aromatic rings. The van der Waals surface area contributed by atoms with Gasteiger partial charge in [0, 0.05) is 12.0 Å². The quantitative estimate of drug-likeness (QED) is 0.508. The number of ether oxygens (including phenoxy) is 1. The van der Waals surface area contributed by atoms with Crippen LogP contribution in [0.3, 0.4) is 0 Å². The molecular formula is C27H32N2O5. The first-order valence-electron chi connectivity index (χ1n) is 12.1. The number of hydrogen-bond acceptors (Lipinski definition) is 4. The number of nitrogens with one attached hydrogen (secondary N) is 2. The van der Waals surface area contributed by atoms with Crippen LogP contribution in [0.25, 0.3) is 11.1 Å². The van der Waals surface area contributed by atoms with Gasteiger partial charge in [0.15, 0.2) is 0 Å². The molecule has 1 saturated carbocycles. The molecular weight excluding hydrogens is 432 g/mol. The topological polar surface area (TPSA) is 105 Å². The lowest BCUT2D eigenvalue weighted by Gasteiger charge is -2.21. The molecule has 3 atom stereocenters. The van der Waals surface area contributed by atoms with Crippen molar-refractivity contribution in [1.29, 1.82) is 0 Å². The molecule has 7 heteroatoms. The molecule has 2 aliphatic carbocycles. The third-order valence-corrected chi connectivity index (χ3v) is 6.93. The van der Waals surface area contributed by atoms with Crippen LogP contribution in [0.5, 0.6) is 0 Å². The van der Waals surface area contributed by atoms with Crippen molar-refractivity contribution in [2.24, 2.45) is 5.92 Å². The van der Waals surface area contributed by atoms with E-state index in [1.165, 1.54) is 0 Å². The van der Waals surface area contributed by atoms with Crippen LogP contribution in [0.15, 0.2) is 48.5 Å². The van der Waals surface area contributed by atoms with Crippen LogP contribution >= 0.6 is 0 Å². The molecule has 2 aromatic carbocycles. The highest BCUT2D eigenvalue weighted by Crippen LogP contribution is 2.44. The van der Waals surface area contributed by atoms with Gasteiger partial charge in [-0.1, -0.05) is 68.3 Å². The summed E-state index contributed by atoms with van der Waals surface area (Å²) in [4.78, 5) is 36.8. The number of benzene rings is 2. The van der Waals surface area contributed by atoms with E-state index in [1.54, 1.807) is 0 Å². The van der Waals surface area contributed by atoms with Crippen molar-refractivity contribution in [2.45, 2.75) is 63.5 Å². The van der Waals surface area contributed by atoms with E-state index in [2.05, 4.69) is 34.9 Å². The Morgan fingerprint density at radius 2 is 1.68 bits per heavy atom. The Bertz CT molecular complexity index is 1010. The summed E-state index contributed by atoms with van der Waals surface area (Å²) in [5.74, 6) is -1.57. The van der Waals surface area contributed by atoms with Gasteiger partial charge in [-0.05, 0) is 47.9 Å². The number of alkyl carbamates (subject to hydrolysis) is 1. The Hall–Kier alpha value is -3.35. The molecule has 0 bridgehead atoms. The highest BCUT2D eigenvalue weighted by atomic mass is 16.5. The SMILES string of the molecule is CCCC[C@H](NC(=O)OCC1c2ccccc2-c2ccccc21)C(=O)N[C@@H]1CC[C@H](C(=O)O)C1. The highest BCUT2D eigenvalue weighted by Gasteiger charge is 2.33. The normalized spacial score (nSPS) is 19.7. The Labute approximate surface area is 199 Å². The molecule has 34 heavy (non-hydrogen) atoms. The van der Waals surface area contributed by atoms with Gasteiger partial charge >= 0.3 is 12.1 Å². The van der Waals surface area contributed by atoms with E-state index < -0.39 is 24.0 Å². The molecule has 0 heterocycles. The zero-order chi connectivity index (χ0) is 24.1. The lowest BCUT2D eigenvalue weighted by molar-refractivity contribution is -0.141. The van der Waals surface area contributed by atoms with Crippen molar-refractivity contribution in [3.05, 3.63) is 59.7 Å².